The molecule has 0 N–H and O–H groups in total. The van der Waals surface area contributed by atoms with Crippen LogP contribution in [-0.4, -0.2) is 0 Å². The van der Waals surface area contributed by atoms with Gasteiger partial charge >= 0.3 is 0 Å². The third-order valence-electron chi connectivity index (χ3n) is 4.27. The molecule has 0 saturated heterocycles. The molecule has 16 heavy (non-hydrogen) atoms. The van der Waals surface area contributed by atoms with Crippen molar-refractivity contribution in [2.45, 2.75) is 80.6 Å². The predicted octanol–water partition coefficient (Wildman–Crippen LogP) is 5.67. The smallest absolute Gasteiger partial charge is 0.0313 e. The predicted molar refractivity (Wildman–Crippen MR) is 73.6 cm³/mol. The lowest BCUT2D eigenvalue weighted by Crippen LogP contribution is -2.44. The third-order valence-corrected chi connectivity index (χ3v) is 4.27. The second-order valence-corrected chi connectivity index (χ2v) is 7.97. The average molecular weight is 224 g/mol. The maximum Gasteiger partial charge on any atom is -0.0313 e. The summed E-state index contributed by atoms with van der Waals surface area (Å²) in [6.07, 6.45) is 7.32. The Labute approximate surface area is 103 Å². The van der Waals surface area contributed by atoms with Crippen molar-refractivity contribution < 1.29 is 0 Å². The lowest BCUT2D eigenvalue weighted by molar-refractivity contribution is -0.0408. The van der Waals surface area contributed by atoms with Crippen molar-refractivity contribution in [3.63, 3.8) is 0 Å². The highest BCUT2D eigenvalue weighted by molar-refractivity contribution is 4.99. The Kier molecular flexibility index (Phi) is 3.82. The van der Waals surface area contributed by atoms with Gasteiger partial charge in [0.05, 0.1) is 0 Å². The zero-order valence-electron chi connectivity index (χ0n) is 12.6. The minimum atomic E-state index is 0.605. The Hall–Kier alpha value is 0. The zero-order valence-corrected chi connectivity index (χ0v) is 12.6. The molecule has 0 spiro atoms. The molecule has 0 aromatic rings. The molecule has 0 amide bonds. The van der Waals surface area contributed by atoms with Gasteiger partial charge in [0.1, 0.15) is 0 Å². The van der Waals surface area contributed by atoms with E-state index in [1.165, 1.54) is 32.1 Å². The number of hydrogen-bond acceptors (Lipinski definition) is 0. The van der Waals surface area contributed by atoms with Crippen LogP contribution in [0.5, 0.6) is 0 Å². The first-order valence-electron chi connectivity index (χ1n) is 7.20. The van der Waals surface area contributed by atoms with Crippen molar-refractivity contribution in [1.29, 1.82) is 0 Å². The van der Waals surface area contributed by atoms with Crippen molar-refractivity contribution >= 4 is 0 Å². The van der Waals surface area contributed by atoms with Crippen LogP contribution in [0.1, 0.15) is 80.6 Å². The van der Waals surface area contributed by atoms with Gasteiger partial charge in [0.25, 0.3) is 0 Å². The highest BCUT2D eigenvalue weighted by Crippen LogP contribution is 2.59. The maximum absolute atomic E-state index is 2.53. The number of hydrogen-bond donors (Lipinski definition) is 0. The van der Waals surface area contributed by atoms with E-state index >= 15 is 0 Å². The maximum atomic E-state index is 2.53. The summed E-state index contributed by atoms with van der Waals surface area (Å²) in [6.45, 7) is 16.4. The summed E-state index contributed by atoms with van der Waals surface area (Å²) in [5, 5.41) is 0. The molecule has 0 nitrogen and oxygen atoms in total. The fraction of sp³-hybridized carbons (Fsp3) is 1.00. The molecule has 0 aliphatic heterocycles. The normalized spacial score (nSPS) is 39.6. The van der Waals surface area contributed by atoms with Gasteiger partial charge in [0.2, 0.25) is 0 Å². The van der Waals surface area contributed by atoms with E-state index in [1.807, 2.05) is 13.8 Å². The van der Waals surface area contributed by atoms with E-state index in [1.54, 1.807) is 0 Å². The van der Waals surface area contributed by atoms with Crippen molar-refractivity contribution in [3.8, 4) is 0 Å². The molecule has 0 radical (unpaired) electrons. The molecule has 0 atom stereocenters. The first kappa shape index (κ1) is 14.1. The Morgan fingerprint density at radius 1 is 0.688 bits per heavy atom. The molecular weight excluding hydrogens is 192 g/mol. The Bertz CT molecular complexity index is 212. The monoisotopic (exact) mass is 224 g/mol. The van der Waals surface area contributed by atoms with Crippen LogP contribution in [0.4, 0.5) is 0 Å². The molecular formula is C16H32. The second kappa shape index (κ2) is 4.35. The van der Waals surface area contributed by atoms with E-state index in [0.29, 0.717) is 16.2 Å². The second-order valence-electron chi connectivity index (χ2n) is 7.97. The van der Waals surface area contributed by atoms with Gasteiger partial charge in [0, 0.05) is 0 Å². The van der Waals surface area contributed by atoms with Crippen molar-refractivity contribution in [2.75, 3.05) is 0 Å². The summed E-state index contributed by atoms with van der Waals surface area (Å²) in [7, 11) is 0. The molecule has 96 valence electrons. The van der Waals surface area contributed by atoms with Crippen LogP contribution in [0, 0.1) is 22.2 Å². The van der Waals surface area contributed by atoms with Crippen LogP contribution in [0.25, 0.3) is 0 Å². The molecule has 2 rings (SSSR count). The first-order chi connectivity index (χ1) is 7.20. The molecule has 2 fully saturated rings. The summed E-state index contributed by atoms with van der Waals surface area (Å²) in [6, 6.07) is 0. The number of rotatable bonds is 0. The molecule has 0 unspecified atom stereocenters. The van der Waals surface area contributed by atoms with Crippen LogP contribution >= 0.6 is 0 Å². The zero-order chi connectivity index (χ0) is 12.6. The van der Waals surface area contributed by atoms with Crippen molar-refractivity contribution in [1.82, 2.24) is 0 Å². The van der Waals surface area contributed by atoms with Gasteiger partial charge in [0.15, 0.2) is 0 Å². The number of fused-ring (bicyclic) bond motifs is 2. The largest absolute Gasteiger partial charge is 0.0683 e. The van der Waals surface area contributed by atoms with Gasteiger partial charge < -0.3 is 0 Å². The Morgan fingerprint density at radius 2 is 1.06 bits per heavy atom. The summed E-state index contributed by atoms with van der Waals surface area (Å²) >= 11 is 0. The molecule has 0 heteroatoms. The topological polar surface area (TPSA) is 0 Å². The van der Waals surface area contributed by atoms with Crippen LogP contribution in [0.3, 0.4) is 0 Å². The molecule has 0 aromatic heterocycles. The standard InChI is InChI=1S/C14H26.C2H6/c1-12(2)6-11-7-13(3,4)10-14(5,8-11)9-12;1-2/h11H,6-10H2,1-5H3;1-2H3. The van der Waals surface area contributed by atoms with Gasteiger partial charge in [-0.15, -0.1) is 0 Å². The Morgan fingerprint density at radius 3 is 1.38 bits per heavy atom. The van der Waals surface area contributed by atoms with E-state index < -0.39 is 0 Å². The summed E-state index contributed by atoms with van der Waals surface area (Å²) in [5.41, 5.74) is 1.86. The first-order valence-corrected chi connectivity index (χ1v) is 7.20. The quantitative estimate of drug-likeness (QED) is 0.497. The Balaban J connectivity index is 0.000000606. The van der Waals surface area contributed by atoms with E-state index in [0.717, 1.165) is 5.92 Å². The van der Waals surface area contributed by atoms with Crippen molar-refractivity contribution in [2.24, 2.45) is 22.2 Å². The van der Waals surface area contributed by atoms with Gasteiger partial charge in [-0.25, -0.2) is 0 Å². The highest BCUT2D eigenvalue weighted by atomic mass is 14.5. The minimum Gasteiger partial charge on any atom is -0.0683 e. The highest BCUT2D eigenvalue weighted by Gasteiger charge is 2.48. The molecule has 0 aromatic carbocycles. The SMILES string of the molecule is CC.CC1(C)CC2CC(C)(C)CC(C)(C2)C1. The molecule has 0 heterocycles. The summed E-state index contributed by atoms with van der Waals surface area (Å²) in [5.74, 6) is 1.01. The molecule has 2 saturated carbocycles. The summed E-state index contributed by atoms with van der Waals surface area (Å²) in [4.78, 5) is 0. The van der Waals surface area contributed by atoms with Crippen LogP contribution < -0.4 is 0 Å². The van der Waals surface area contributed by atoms with Crippen molar-refractivity contribution in [3.05, 3.63) is 0 Å². The van der Waals surface area contributed by atoms with E-state index in [9.17, 15) is 0 Å². The van der Waals surface area contributed by atoms with E-state index in [2.05, 4.69) is 34.6 Å². The van der Waals surface area contributed by atoms with Gasteiger partial charge in [-0.2, -0.15) is 0 Å². The average Bonchev–Trinajstić information content (AvgIpc) is 1.97. The van der Waals surface area contributed by atoms with Gasteiger partial charge in [-0.05, 0) is 54.3 Å². The third kappa shape index (κ3) is 3.25. The molecule has 2 aliphatic carbocycles. The van der Waals surface area contributed by atoms with E-state index in [4.69, 9.17) is 0 Å². The fourth-order valence-corrected chi connectivity index (χ4v) is 5.14. The summed E-state index contributed by atoms with van der Waals surface area (Å²) < 4.78 is 0. The lowest BCUT2D eigenvalue weighted by Gasteiger charge is -2.55. The van der Waals surface area contributed by atoms with Gasteiger partial charge in [-0.1, -0.05) is 48.5 Å². The fourth-order valence-electron chi connectivity index (χ4n) is 5.14. The van der Waals surface area contributed by atoms with Crippen LogP contribution in [-0.2, 0) is 0 Å². The van der Waals surface area contributed by atoms with E-state index in [-0.39, 0.29) is 0 Å². The minimum absolute atomic E-state index is 0.605. The lowest BCUT2D eigenvalue weighted by atomic mass is 9.50. The van der Waals surface area contributed by atoms with Crippen LogP contribution in [0.2, 0.25) is 0 Å². The molecule has 2 aliphatic rings. The van der Waals surface area contributed by atoms with Crippen LogP contribution in [0.15, 0.2) is 0 Å². The molecule has 2 bridgehead atoms. The van der Waals surface area contributed by atoms with Gasteiger partial charge in [-0.3, -0.25) is 0 Å².